The van der Waals surface area contributed by atoms with Crippen LogP contribution in [-0.4, -0.2) is 46.9 Å². The number of likely N-dealkylation sites (tertiary alicyclic amines) is 1. The van der Waals surface area contributed by atoms with Gasteiger partial charge in [-0.3, -0.25) is 14.6 Å². The van der Waals surface area contributed by atoms with Gasteiger partial charge in [0.1, 0.15) is 11.8 Å². The molecule has 1 atom stereocenters. The molecule has 4 rings (SSSR count). The Kier molecular flexibility index (Phi) is 4.26. The van der Waals surface area contributed by atoms with Gasteiger partial charge in [-0.2, -0.15) is 0 Å². The summed E-state index contributed by atoms with van der Waals surface area (Å²) in [5, 5.41) is 3.87. The molecule has 0 radical (unpaired) electrons. The Bertz CT molecular complexity index is 798. The first-order valence-corrected chi connectivity index (χ1v) is 8.79. The van der Waals surface area contributed by atoms with E-state index >= 15 is 0 Å². The first-order valence-electron chi connectivity index (χ1n) is 8.79. The Labute approximate surface area is 146 Å². The van der Waals surface area contributed by atoms with Crippen molar-refractivity contribution in [1.82, 2.24) is 15.2 Å². The molecule has 0 unspecified atom stereocenters. The number of hydrogen-bond donors (Lipinski definition) is 1. The van der Waals surface area contributed by atoms with E-state index in [1.807, 2.05) is 24.3 Å². The van der Waals surface area contributed by atoms with E-state index in [4.69, 9.17) is 4.74 Å². The SMILES string of the molecule is O=C(NC1CC1)[C@@H]1CCCN1C(=O)COc1ccnc2ccccc12. The maximum absolute atomic E-state index is 12.6. The Morgan fingerprint density at radius 2 is 2.04 bits per heavy atom. The van der Waals surface area contributed by atoms with Gasteiger partial charge in [0.2, 0.25) is 5.91 Å². The van der Waals surface area contributed by atoms with Gasteiger partial charge in [-0.25, -0.2) is 0 Å². The average Bonchev–Trinajstić information content (AvgIpc) is 3.31. The molecule has 1 saturated carbocycles. The van der Waals surface area contributed by atoms with Gasteiger partial charge in [0, 0.05) is 24.2 Å². The van der Waals surface area contributed by atoms with Gasteiger partial charge < -0.3 is 15.0 Å². The van der Waals surface area contributed by atoms with E-state index in [1.165, 1.54) is 0 Å². The molecule has 1 aromatic carbocycles. The van der Waals surface area contributed by atoms with Crippen LogP contribution in [-0.2, 0) is 9.59 Å². The number of pyridine rings is 1. The van der Waals surface area contributed by atoms with Gasteiger partial charge in [0.15, 0.2) is 6.61 Å². The maximum Gasteiger partial charge on any atom is 0.261 e. The topological polar surface area (TPSA) is 71.5 Å². The Morgan fingerprint density at radius 3 is 2.88 bits per heavy atom. The quantitative estimate of drug-likeness (QED) is 0.903. The summed E-state index contributed by atoms with van der Waals surface area (Å²) in [5.41, 5.74) is 0.829. The summed E-state index contributed by atoms with van der Waals surface area (Å²) >= 11 is 0. The molecule has 1 saturated heterocycles. The van der Waals surface area contributed by atoms with Crippen molar-refractivity contribution in [2.24, 2.45) is 0 Å². The normalized spacial score (nSPS) is 19.8. The van der Waals surface area contributed by atoms with Gasteiger partial charge in [-0.1, -0.05) is 12.1 Å². The number of ether oxygens (including phenoxy) is 1. The first kappa shape index (κ1) is 15.9. The van der Waals surface area contributed by atoms with E-state index in [0.717, 1.165) is 36.6 Å². The van der Waals surface area contributed by atoms with Crippen molar-refractivity contribution in [2.45, 2.75) is 37.8 Å². The number of carbonyl (C=O) groups excluding carboxylic acids is 2. The summed E-state index contributed by atoms with van der Waals surface area (Å²) in [7, 11) is 0. The van der Waals surface area contributed by atoms with Gasteiger partial charge in [0.05, 0.1) is 5.52 Å². The highest BCUT2D eigenvalue weighted by Crippen LogP contribution is 2.25. The van der Waals surface area contributed by atoms with E-state index < -0.39 is 0 Å². The van der Waals surface area contributed by atoms with Crippen LogP contribution in [0.1, 0.15) is 25.7 Å². The predicted octanol–water partition coefficient (Wildman–Crippen LogP) is 1.88. The van der Waals surface area contributed by atoms with Gasteiger partial charge in [-0.05, 0) is 43.9 Å². The fourth-order valence-electron chi connectivity index (χ4n) is 3.28. The number of fused-ring (bicyclic) bond motifs is 1. The standard InChI is InChI=1S/C19H21N3O3/c23-18(22-11-3-6-16(22)19(24)21-13-7-8-13)12-25-17-9-10-20-15-5-2-1-4-14(15)17/h1-2,4-5,9-10,13,16H,3,6-8,11-12H2,(H,21,24)/t16-/m0/s1. The number of rotatable bonds is 5. The lowest BCUT2D eigenvalue weighted by molar-refractivity contribution is -0.140. The minimum absolute atomic E-state index is 0.0253. The third kappa shape index (κ3) is 3.43. The lowest BCUT2D eigenvalue weighted by Crippen LogP contribution is -2.47. The minimum Gasteiger partial charge on any atom is -0.483 e. The monoisotopic (exact) mass is 339 g/mol. The highest BCUT2D eigenvalue weighted by molar-refractivity contribution is 5.89. The molecule has 1 aliphatic heterocycles. The largest absolute Gasteiger partial charge is 0.483 e. The van der Waals surface area contributed by atoms with Crippen LogP contribution in [0.15, 0.2) is 36.5 Å². The zero-order valence-electron chi connectivity index (χ0n) is 14.0. The molecule has 2 aliphatic rings. The molecule has 25 heavy (non-hydrogen) atoms. The van der Waals surface area contributed by atoms with Crippen LogP contribution in [0.3, 0.4) is 0 Å². The van der Waals surface area contributed by atoms with Crippen LogP contribution in [0.2, 0.25) is 0 Å². The number of benzene rings is 1. The van der Waals surface area contributed by atoms with E-state index in [-0.39, 0.29) is 24.5 Å². The number of nitrogens with zero attached hydrogens (tertiary/aromatic N) is 2. The third-order valence-corrected chi connectivity index (χ3v) is 4.76. The molecule has 1 aromatic heterocycles. The highest BCUT2D eigenvalue weighted by atomic mass is 16.5. The molecule has 2 aromatic rings. The number of aromatic nitrogens is 1. The second kappa shape index (κ2) is 6.70. The predicted molar refractivity (Wildman–Crippen MR) is 93.1 cm³/mol. The van der Waals surface area contributed by atoms with E-state index in [2.05, 4.69) is 10.3 Å². The van der Waals surface area contributed by atoms with Crippen LogP contribution in [0.5, 0.6) is 5.75 Å². The fourth-order valence-corrected chi connectivity index (χ4v) is 3.28. The van der Waals surface area contributed by atoms with Crippen LogP contribution in [0.4, 0.5) is 0 Å². The minimum atomic E-state index is -0.356. The van der Waals surface area contributed by atoms with Crippen molar-refractivity contribution in [2.75, 3.05) is 13.2 Å². The molecule has 0 bridgehead atoms. The summed E-state index contributed by atoms with van der Waals surface area (Å²) in [4.78, 5) is 30.8. The van der Waals surface area contributed by atoms with Crippen LogP contribution in [0, 0.1) is 0 Å². The molecular formula is C19H21N3O3. The summed E-state index contributed by atoms with van der Waals surface area (Å²) in [6.45, 7) is 0.545. The maximum atomic E-state index is 12.6. The number of para-hydroxylation sites is 1. The summed E-state index contributed by atoms with van der Waals surface area (Å²) in [6, 6.07) is 9.37. The molecular weight excluding hydrogens is 318 g/mol. The zero-order chi connectivity index (χ0) is 17.2. The fraction of sp³-hybridized carbons (Fsp3) is 0.421. The van der Waals surface area contributed by atoms with Crippen LogP contribution >= 0.6 is 0 Å². The van der Waals surface area contributed by atoms with Crippen molar-refractivity contribution >= 4 is 22.7 Å². The summed E-state index contributed by atoms with van der Waals surface area (Å²) in [6.07, 6.45) is 5.34. The summed E-state index contributed by atoms with van der Waals surface area (Å²) in [5.74, 6) is 0.467. The Hall–Kier alpha value is -2.63. The number of hydrogen-bond acceptors (Lipinski definition) is 4. The molecule has 6 heteroatoms. The molecule has 1 N–H and O–H groups in total. The number of nitrogens with one attached hydrogen (secondary N) is 1. The first-order chi connectivity index (χ1) is 12.2. The van der Waals surface area contributed by atoms with Gasteiger partial charge in [0.25, 0.3) is 5.91 Å². The molecule has 6 nitrogen and oxygen atoms in total. The smallest absolute Gasteiger partial charge is 0.261 e. The zero-order valence-corrected chi connectivity index (χ0v) is 14.0. The van der Waals surface area contributed by atoms with Gasteiger partial charge in [-0.15, -0.1) is 0 Å². The van der Waals surface area contributed by atoms with Crippen molar-refractivity contribution < 1.29 is 14.3 Å². The van der Waals surface area contributed by atoms with Gasteiger partial charge >= 0.3 is 0 Å². The van der Waals surface area contributed by atoms with Crippen LogP contribution < -0.4 is 10.1 Å². The van der Waals surface area contributed by atoms with Crippen LogP contribution in [0.25, 0.3) is 10.9 Å². The second-order valence-electron chi connectivity index (χ2n) is 6.64. The number of amides is 2. The van der Waals surface area contributed by atoms with E-state index in [0.29, 0.717) is 18.3 Å². The van der Waals surface area contributed by atoms with Crippen molar-refractivity contribution in [3.63, 3.8) is 0 Å². The summed E-state index contributed by atoms with van der Waals surface area (Å²) < 4.78 is 5.75. The van der Waals surface area contributed by atoms with Crippen molar-refractivity contribution in [3.8, 4) is 5.75 Å². The Morgan fingerprint density at radius 1 is 1.20 bits per heavy atom. The molecule has 1 aliphatic carbocycles. The van der Waals surface area contributed by atoms with Crippen molar-refractivity contribution in [1.29, 1.82) is 0 Å². The molecule has 0 spiro atoms. The highest BCUT2D eigenvalue weighted by Gasteiger charge is 2.36. The lowest BCUT2D eigenvalue weighted by Gasteiger charge is -2.24. The van der Waals surface area contributed by atoms with E-state index in [9.17, 15) is 9.59 Å². The third-order valence-electron chi connectivity index (χ3n) is 4.76. The molecule has 2 amide bonds. The molecule has 130 valence electrons. The second-order valence-corrected chi connectivity index (χ2v) is 6.64. The number of carbonyl (C=O) groups is 2. The molecule has 2 fully saturated rings. The molecule has 2 heterocycles. The van der Waals surface area contributed by atoms with E-state index in [1.54, 1.807) is 17.2 Å². The Balaban J connectivity index is 1.41. The lowest BCUT2D eigenvalue weighted by atomic mass is 10.2. The average molecular weight is 339 g/mol. The van der Waals surface area contributed by atoms with Crippen molar-refractivity contribution in [3.05, 3.63) is 36.5 Å².